The van der Waals surface area contributed by atoms with E-state index in [1.807, 2.05) is 46.0 Å². The van der Waals surface area contributed by atoms with Gasteiger partial charge in [-0.05, 0) is 49.9 Å². The SMILES string of the molecule is O=C(C1CC1)N1CCC[C@@H](c2cccc(-c3cnc4ccc(Cl)cn34)n2)C1. The molecule has 5 nitrogen and oxygen atoms in total. The Morgan fingerprint density at radius 2 is 2.04 bits per heavy atom. The van der Waals surface area contributed by atoms with Gasteiger partial charge in [0.25, 0.3) is 0 Å². The quantitative estimate of drug-likeness (QED) is 0.685. The van der Waals surface area contributed by atoms with Gasteiger partial charge >= 0.3 is 0 Å². The molecule has 0 unspecified atom stereocenters. The first-order chi connectivity index (χ1) is 13.2. The number of amides is 1. The van der Waals surface area contributed by atoms with E-state index in [1.165, 1.54) is 0 Å². The minimum absolute atomic E-state index is 0.283. The van der Waals surface area contributed by atoms with Crippen LogP contribution in [-0.4, -0.2) is 38.3 Å². The highest BCUT2D eigenvalue weighted by atomic mass is 35.5. The van der Waals surface area contributed by atoms with E-state index < -0.39 is 0 Å². The van der Waals surface area contributed by atoms with E-state index in [9.17, 15) is 4.79 Å². The number of halogens is 1. The van der Waals surface area contributed by atoms with Gasteiger partial charge < -0.3 is 4.90 Å². The molecule has 0 N–H and O–H groups in total. The summed E-state index contributed by atoms with van der Waals surface area (Å²) < 4.78 is 1.97. The van der Waals surface area contributed by atoms with Crippen molar-refractivity contribution in [1.29, 1.82) is 0 Å². The largest absolute Gasteiger partial charge is 0.342 e. The molecule has 0 bridgehead atoms. The Kier molecular flexibility index (Phi) is 4.12. The third-order valence-electron chi connectivity index (χ3n) is 5.58. The third kappa shape index (κ3) is 3.21. The highest BCUT2D eigenvalue weighted by Crippen LogP contribution is 2.34. The highest BCUT2D eigenvalue weighted by Gasteiger charge is 2.35. The molecular weight excluding hydrogens is 360 g/mol. The zero-order valence-corrected chi connectivity index (χ0v) is 15.8. The van der Waals surface area contributed by atoms with Gasteiger partial charge in [0.1, 0.15) is 5.65 Å². The molecule has 5 rings (SSSR count). The monoisotopic (exact) mass is 380 g/mol. The fraction of sp³-hybridized carbons (Fsp3) is 0.381. The number of rotatable bonds is 3. The summed E-state index contributed by atoms with van der Waals surface area (Å²) in [7, 11) is 0. The third-order valence-corrected chi connectivity index (χ3v) is 5.80. The number of hydrogen-bond acceptors (Lipinski definition) is 3. The van der Waals surface area contributed by atoms with Gasteiger partial charge in [-0.15, -0.1) is 0 Å². The molecular formula is C21H21ClN4O. The molecule has 0 spiro atoms. The van der Waals surface area contributed by atoms with Crippen LogP contribution in [0.2, 0.25) is 5.02 Å². The van der Waals surface area contributed by atoms with Gasteiger partial charge in [-0.25, -0.2) is 4.98 Å². The molecule has 0 radical (unpaired) electrons. The van der Waals surface area contributed by atoms with Crippen LogP contribution in [0.1, 0.15) is 37.3 Å². The maximum atomic E-state index is 12.5. The Bertz CT molecular complexity index is 1010. The number of nitrogens with zero attached hydrogens (tertiary/aromatic N) is 4. The molecule has 27 heavy (non-hydrogen) atoms. The van der Waals surface area contributed by atoms with Crippen LogP contribution in [0.5, 0.6) is 0 Å². The highest BCUT2D eigenvalue weighted by molar-refractivity contribution is 6.30. The Labute approximate surface area is 163 Å². The maximum absolute atomic E-state index is 12.5. The first-order valence-electron chi connectivity index (χ1n) is 9.58. The summed E-state index contributed by atoms with van der Waals surface area (Å²) in [5.74, 6) is 0.919. The fourth-order valence-electron chi connectivity index (χ4n) is 3.97. The average Bonchev–Trinajstić information content (AvgIpc) is 3.47. The van der Waals surface area contributed by atoms with Crippen LogP contribution in [0.25, 0.3) is 17.0 Å². The lowest BCUT2D eigenvalue weighted by Crippen LogP contribution is -2.40. The van der Waals surface area contributed by atoms with Gasteiger partial charge in [0, 0.05) is 36.8 Å². The van der Waals surface area contributed by atoms with E-state index in [0.717, 1.165) is 61.5 Å². The Morgan fingerprint density at radius 1 is 1.15 bits per heavy atom. The van der Waals surface area contributed by atoms with Gasteiger partial charge in [-0.2, -0.15) is 0 Å². The number of aromatic nitrogens is 3. The molecule has 1 aliphatic heterocycles. The molecule has 1 aliphatic carbocycles. The second kappa shape index (κ2) is 6.64. The molecule has 3 aromatic heterocycles. The smallest absolute Gasteiger partial charge is 0.225 e. The molecule has 3 aromatic rings. The van der Waals surface area contributed by atoms with Crippen LogP contribution in [0.3, 0.4) is 0 Å². The minimum atomic E-state index is 0.283. The number of pyridine rings is 2. The molecule has 2 fully saturated rings. The molecule has 1 atom stereocenters. The second-order valence-electron chi connectivity index (χ2n) is 7.56. The van der Waals surface area contributed by atoms with Crippen molar-refractivity contribution in [2.45, 2.75) is 31.6 Å². The standard InChI is InChI=1S/C21H21ClN4O/c22-16-8-9-20-23-11-19(26(20)13-16)18-5-1-4-17(24-18)15-3-2-10-25(12-15)21(27)14-6-7-14/h1,4-5,8-9,11,13-15H,2-3,6-7,10,12H2/t15-/m1/s1. The summed E-state index contributed by atoms with van der Waals surface area (Å²) in [5.41, 5.74) is 3.71. The predicted molar refractivity (Wildman–Crippen MR) is 105 cm³/mol. The topological polar surface area (TPSA) is 50.5 Å². The lowest BCUT2D eigenvalue weighted by atomic mass is 9.93. The Balaban J connectivity index is 1.44. The Morgan fingerprint density at radius 3 is 2.89 bits per heavy atom. The van der Waals surface area contributed by atoms with Crippen molar-refractivity contribution in [3.63, 3.8) is 0 Å². The molecule has 1 saturated carbocycles. The fourth-order valence-corrected chi connectivity index (χ4v) is 4.13. The van der Waals surface area contributed by atoms with E-state index >= 15 is 0 Å². The number of carbonyl (C=O) groups excluding carboxylic acids is 1. The second-order valence-corrected chi connectivity index (χ2v) is 8.00. The van der Waals surface area contributed by atoms with Crippen molar-refractivity contribution < 1.29 is 4.79 Å². The normalized spacial score (nSPS) is 20.2. The maximum Gasteiger partial charge on any atom is 0.225 e. The predicted octanol–water partition coefficient (Wildman–Crippen LogP) is 4.17. The number of hydrogen-bond donors (Lipinski definition) is 0. The van der Waals surface area contributed by atoms with E-state index in [4.69, 9.17) is 16.6 Å². The van der Waals surface area contributed by atoms with Crippen LogP contribution in [-0.2, 0) is 4.79 Å². The van der Waals surface area contributed by atoms with Crippen molar-refractivity contribution in [2.75, 3.05) is 13.1 Å². The molecule has 6 heteroatoms. The van der Waals surface area contributed by atoms with Crippen LogP contribution < -0.4 is 0 Å². The summed E-state index contributed by atoms with van der Waals surface area (Å²) in [5, 5.41) is 0.666. The van der Waals surface area contributed by atoms with Gasteiger partial charge in [0.15, 0.2) is 0 Å². The van der Waals surface area contributed by atoms with Gasteiger partial charge in [0.2, 0.25) is 5.91 Å². The van der Waals surface area contributed by atoms with Crippen LogP contribution in [0.15, 0.2) is 42.7 Å². The molecule has 138 valence electrons. The molecule has 2 aliphatic rings. The van der Waals surface area contributed by atoms with Gasteiger partial charge in [-0.3, -0.25) is 14.2 Å². The van der Waals surface area contributed by atoms with Crippen molar-refractivity contribution >= 4 is 23.2 Å². The lowest BCUT2D eigenvalue weighted by molar-refractivity contribution is -0.133. The van der Waals surface area contributed by atoms with Gasteiger partial charge in [0.05, 0.1) is 22.6 Å². The zero-order chi connectivity index (χ0) is 18.4. The van der Waals surface area contributed by atoms with E-state index in [2.05, 4.69) is 11.1 Å². The number of imidazole rings is 1. The summed E-state index contributed by atoms with van der Waals surface area (Å²) in [6.45, 7) is 1.67. The van der Waals surface area contributed by atoms with Crippen LogP contribution >= 0.6 is 11.6 Å². The summed E-state index contributed by atoms with van der Waals surface area (Å²) >= 11 is 6.16. The van der Waals surface area contributed by atoms with Crippen molar-refractivity contribution in [3.05, 3.63) is 53.4 Å². The van der Waals surface area contributed by atoms with Crippen molar-refractivity contribution in [3.8, 4) is 11.4 Å². The molecule has 1 saturated heterocycles. The molecule has 0 aromatic carbocycles. The molecule has 4 heterocycles. The van der Waals surface area contributed by atoms with Crippen LogP contribution in [0, 0.1) is 5.92 Å². The average molecular weight is 381 g/mol. The van der Waals surface area contributed by atoms with E-state index in [0.29, 0.717) is 16.8 Å². The summed E-state index contributed by atoms with van der Waals surface area (Å²) in [4.78, 5) is 23.9. The first-order valence-corrected chi connectivity index (χ1v) is 9.95. The summed E-state index contributed by atoms with van der Waals surface area (Å²) in [6, 6.07) is 9.87. The van der Waals surface area contributed by atoms with E-state index in [-0.39, 0.29) is 5.92 Å². The van der Waals surface area contributed by atoms with E-state index in [1.54, 1.807) is 0 Å². The molecule has 1 amide bonds. The van der Waals surface area contributed by atoms with Crippen LogP contribution in [0.4, 0.5) is 0 Å². The minimum Gasteiger partial charge on any atom is -0.342 e. The van der Waals surface area contributed by atoms with Crippen molar-refractivity contribution in [1.82, 2.24) is 19.3 Å². The lowest BCUT2D eigenvalue weighted by Gasteiger charge is -2.32. The number of likely N-dealkylation sites (tertiary alicyclic amines) is 1. The number of piperidine rings is 1. The van der Waals surface area contributed by atoms with Gasteiger partial charge in [-0.1, -0.05) is 17.7 Å². The van der Waals surface area contributed by atoms with Crippen molar-refractivity contribution in [2.24, 2.45) is 5.92 Å². The Hall–Kier alpha value is -2.40. The number of fused-ring (bicyclic) bond motifs is 1. The zero-order valence-electron chi connectivity index (χ0n) is 15.0. The first kappa shape index (κ1) is 16.8. The summed E-state index contributed by atoms with van der Waals surface area (Å²) in [6.07, 6.45) is 7.94. The number of carbonyl (C=O) groups is 1.